The Hall–Kier alpha value is -1.07. The molecule has 2 saturated heterocycles. The minimum absolute atomic E-state index is 0.191. The highest BCUT2D eigenvalue weighted by atomic mass is 16.7. The van der Waals surface area contributed by atoms with Gasteiger partial charge in [-0.05, 0) is 81.5 Å². The summed E-state index contributed by atoms with van der Waals surface area (Å²) in [5, 5.41) is 4.56. The van der Waals surface area contributed by atoms with E-state index in [2.05, 4.69) is 16.6 Å². The summed E-state index contributed by atoms with van der Waals surface area (Å²) >= 11 is 0. The lowest BCUT2D eigenvalue weighted by Gasteiger charge is -2.60. The summed E-state index contributed by atoms with van der Waals surface area (Å²) < 4.78 is 12.3. The van der Waals surface area contributed by atoms with Crippen LogP contribution in [0.3, 0.4) is 0 Å². The van der Waals surface area contributed by atoms with Gasteiger partial charge >= 0.3 is 0 Å². The minimum Gasteiger partial charge on any atom is -0.347 e. The third-order valence-electron chi connectivity index (χ3n) is 9.11. The maximum Gasteiger partial charge on any atom is 0.170 e. The average Bonchev–Trinajstić information content (AvgIpc) is 3.11. The normalized spacial score (nSPS) is 47.0. The fraction of sp³-hybridized carbons (Fsp3) is 0.870. The number of ether oxygens (including phenoxy) is 2. The van der Waals surface area contributed by atoms with Crippen molar-refractivity contribution in [1.29, 1.82) is 0 Å². The molecule has 0 aromatic heterocycles. The number of hydrazone groups is 1. The van der Waals surface area contributed by atoms with E-state index in [-0.39, 0.29) is 11.2 Å². The molecule has 5 nitrogen and oxygen atoms in total. The van der Waals surface area contributed by atoms with E-state index in [1.165, 1.54) is 62.9 Å². The third-order valence-corrected chi connectivity index (χ3v) is 9.11. The van der Waals surface area contributed by atoms with Crippen molar-refractivity contribution >= 4 is 5.84 Å². The van der Waals surface area contributed by atoms with Gasteiger partial charge in [0.15, 0.2) is 5.79 Å². The molecule has 4 bridgehead atoms. The molecule has 5 heteroatoms. The zero-order valence-corrected chi connectivity index (χ0v) is 17.1. The number of piperidine rings is 1. The van der Waals surface area contributed by atoms with Gasteiger partial charge in [-0.2, -0.15) is 5.10 Å². The van der Waals surface area contributed by atoms with Gasteiger partial charge in [0.25, 0.3) is 0 Å². The molecule has 2 N–H and O–H groups in total. The van der Waals surface area contributed by atoms with E-state index in [9.17, 15) is 0 Å². The van der Waals surface area contributed by atoms with Crippen LogP contribution in [0.4, 0.5) is 0 Å². The number of rotatable bonds is 1. The maximum atomic E-state index is 6.20. The number of allylic oxidation sites excluding steroid dienone is 1. The standard InChI is InChI=1S/C23H35N3O2/c1-15-2-3-19-4-5-23(27-6-7-28-23)14-20(19)26(15)21(25-24)22-11-16-8-17(12-22)10-18(9-16)13-22/h16-20H,1-14,24H2/b25-21-. The van der Waals surface area contributed by atoms with E-state index < -0.39 is 0 Å². The van der Waals surface area contributed by atoms with Gasteiger partial charge in [-0.15, -0.1) is 0 Å². The number of likely N-dealkylation sites (tertiary alicyclic amines) is 1. The first-order valence-electron chi connectivity index (χ1n) is 11.6. The lowest BCUT2D eigenvalue weighted by Crippen LogP contribution is -2.60. The molecule has 28 heavy (non-hydrogen) atoms. The third kappa shape index (κ3) is 2.54. The molecule has 0 radical (unpaired) electrons. The first kappa shape index (κ1) is 17.8. The molecule has 2 aliphatic heterocycles. The van der Waals surface area contributed by atoms with Crippen LogP contribution < -0.4 is 5.84 Å². The molecule has 0 amide bonds. The van der Waals surface area contributed by atoms with Crippen LogP contribution in [0, 0.1) is 29.1 Å². The Morgan fingerprint density at radius 3 is 2.25 bits per heavy atom. The van der Waals surface area contributed by atoms with Crippen LogP contribution in [0.1, 0.15) is 70.6 Å². The number of nitrogens with zero attached hydrogens (tertiary/aromatic N) is 2. The molecule has 7 aliphatic rings. The molecule has 2 unspecified atom stereocenters. The Morgan fingerprint density at radius 2 is 1.64 bits per heavy atom. The number of hydrogen-bond donors (Lipinski definition) is 1. The summed E-state index contributed by atoms with van der Waals surface area (Å²) in [5.41, 5.74) is 1.41. The summed E-state index contributed by atoms with van der Waals surface area (Å²) in [6, 6.07) is 0.378. The Kier molecular flexibility index (Phi) is 3.94. The lowest BCUT2D eigenvalue weighted by molar-refractivity contribution is -0.195. The van der Waals surface area contributed by atoms with E-state index in [1.807, 2.05) is 0 Å². The quantitative estimate of drug-likeness (QED) is 0.321. The Bertz CT molecular complexity index is 661. The van der Waals surface area contributed by atoms with Crippen molar-refractivity contribution in [3.8, 4) is 0 Å². The second-order valence-corrected chi connectivity index (χ2v) is 10.8. The highest BCUT2D eigenvalue weighted by Gasteiger charge is 2.57. The SMILES string of the molecule is C=C1CCC2CCC3(CC2N1/C(=N\N)C12CC4CC(CC(C4)C1)C2)OCCO3. The molecule has 0 aromatic carbocycles. The van der Waals surface area contributed by atoms with E-state index in [4.69, 9.17) is 15.3 Å². The van der Waals surface area contributed by atoms with Gasteiger partial charge in [-0.1, -0.05) is 6.58 Å². The number of amidine groups is 1. The second kappa shape index (κ2) is 6.21. The van der Waals surface area contributed by atoms with Crippen LogP contribution in [0.2, 0.25) is 0 Å². The van der Waals surface area contributed by atoms with Gasteiger partial charge in [0.2, 0.25) is 0 Å². The Morgan fingerprint density at radius 1 is 1.00 bits per heavy atom. The minimum atomic E-state index is -0.377. The molecule has 7 rings (SSSR count). The molecule has 7 fully saturated rings. The molecule has 2 heterocycles. The van der Waals surface area contributed by atoms with Crippen molar-refractivity contribution in [3.63, 3.8) is 0 Å². The van der Waals surface area contributed by atoms with E-state index in [0.717, 1.165) is 50.2 Å². The molecule has 154 valence electrons. The topological polar surface area (TPSA) is 60.1 Å². The highest BCUT2D eigenvalue weighted by molar-refractivity contribution is 5.90. The van der Waals surface area contributed by atoms with Crippen LogP contribution in [0.5, 0.6) is 0 Å². The van der Waals surface area contributed by atoms with Gasteiger partial charge < -0.3 is 20.2 Å². The smallest absolute Gasteiger partial charge is 0.170 e. The van der Waals surface area contributed by atoms with E-state index in [0.29, 0.717) is 12.0 Å². The average molecular weight is 386 g/mol. The van der Waals surface area contributed by atoms with Crippen LogP contribution in [-0.4, -0.2) is 35.8 Å². The van der Waals surface area contributed by atoms with E-state index >= 15 is 0 Å². The van der Waals surface area contributed by atoms with Crippen LogP contribution in [-0.2, 0) is 9.47 Å². The van der Waals surface area contributed by atoms with Gasteiger partial charge in [-0.3, -0.25) is 0 Å². The molecule has 0 aromatic rings. The first-order chi connectivity index (χ1) is 13.6. The van der Waals surface area contributed by atoms with Gasteiger partial charge in [-0.25, -0.2) is 0 Å². The van der Waals surface area contributed by atoms with Gasteiger partial charge in [0, 0.05) is 30.0 Å². The summed E-state index contributed by atoms with van der Waals surface area (Å²) in [4.78, 5) is 2.51. The van der Waals surface area contributed by atoms with Crippen LogP contribution in [0.15, 0.2) is 17.4 Å². The number of hydrogen-bond acceptors (Lipinski definition) is 4. The fourth-order valence-electron chi connectivity index (χ4n) is 8.44. The summed E-state index contributed by atoms with van der Waals surface area (Å²) in [7, 11) is 0. The number of nitrogens with two attached hydrogens (primary N) is 1. The maximum absolute atomic E-state index is 6.20. The zero-order chi connectivity index (χ0) is 18.9. The van der Waals surface area contributed by atoms with Gasteiger partial charge in [0.05, 0.1) is 13.2 Å². The summed E-state index contributed by atoms with van der Waals surface area (Å²) in [6.45, 7) is 5.96. The molecular weight excluding hydrogens is 350 g/mol. The monoisotopic (exact) mass is 385 g/mol. The van der Waals surface area contributed by atoms with Crippen molar-refractivity contribution < 1.29 is 9.47 Å². The second-order valence-electron chi connectivity index (χ2n) is 10.8. The van der Waals surface area contributed by atoms with E-state index in [1.54, 1.807) is 0 Å². The predicted octanol–water partition coefficient (Wildman–Crippen LogP) is 4.00. The summed E-state index contributed by atoms with van der Waals surface area (Å²) in [5.74, 6) is 10.3. The highest BCUT2D eigenvalue weighted by Crippen LogP contribution is 2.61. The molecule has 5 saturated carbocycles. The lowest BCUT2D eigenvalue weighted by atomic mass is 9.49. The van der Waals surface area contributed by atoms with Crippen molar-refractivity contribution in [1.82, 2.24) is 4.90 Å². The van der Waals surface area contributed by atoms with Crippen molar-refractivity contribution in [2.75, 3.05) is 13.2 Å². The van der Waals surface area contributed by atoms with Gasteiger partial charge in [0.1, 0.15) is 5.84 Å². The van der Waals surface area contributed by atoms with Crippen molar-refractivity contribution in [2.24, 2.45) is 40.0 Å². The Labute approximate surface area is 168 Å². The fourth-order valence-corrected chi connectivity index (χ4v) is 8.44. The van der Waals surface area contributed by atoms with Crippen molar-refractivity contribution in [3.05, 3.63) is 12.3 Å². The number of fused-ring (bicyclic) bond motifs is 1. The predicted molar refractivity (Wildman–Crippen MR) is 108 cm³/mol. The molecule has 2 atom stereocenters. The molecular formula is C23H35N3O2. The largest absolute Gasteiger partial charge is 0.347 e. The summed E-state index contributed by atoms with van der Waals surface area (Å²) in [6.07, 6.45) is 13.6. The van der Waals surface area contributed by atoms with Crippen LogP contribution in [0.25, 0.3) is 0 Å². The molecule has 5 aliphatic carbocycles. The van der Waals surface area contributed by atoms with Crippen molar-refractivity contribution in [2.45, 2.75) is 82.5 Å². The first-order valence-corrected chi connectivity index (χ1v) is 11.6. The zero-order valence-electron chi connectivity index (χ0n) is 17.1. The Balaban J connectivity index is 1.35. The van der Waals surface area contributed by atoms with Crippen LogP contribution >= 0.6 is 0 Å². The molecule has 1 spiro atoms.